The minimum Gasteiger partial charge on any atom is -0.302 e. The van der Waals surface area contributed by atoms with E-state index in [1.54, 1.807) is 19.1 Å². The van der Waals surface area contributed by atoms with Gasteiger partial charge in [0.1, 0.15) is 5.82 Å². The van der Waals surface area contributed by atoms with Gasteiger partial charge in [0.25, 0.3) is 0 Å². The van der Waals surface area contributed by atoms with Crippen LogP contribution in [0.1, 0.15) is 49.0 Å². The third-order valence-corrected chi connectivity index (χ3v) is 4.13. The number of rotatable bonds is 4. The highest BCUT2D eigenvalue weighted by molar-refractivity contribution is 5.96. The van der Waals surface area contributed by atoms with E-state index in [1.807, 2.05) is 0 Å². The Morgan fingerprint density at radius 1 is 1.40 bits per heavy atom. The summed E-state index contributed by atoms with van der Waals surface area (Å²) in [6.07, 6.45) is 2.92. The zero-order valence-electron chi connectivity index (χ0n) is 12.7. The van der Waals surface area contributed by atoms with E-state index < -0.39 is 0 Å². The number of ketones is 1. The summed E-state index contributed by atoms with van der Waals surface area (Å²) in [4.78, 5) is 14.5. The van der Waals surface area contributed by atoms with Crippen LogP contribution in [0.4, 0.5) is 4.39 Å². The highest BCUT2D eigenvalue weighted by atomic mass is 19.1. The van der Waals surface area contributed by atoms with Gasteiger partial charge in [0.2, 0.25) is 0 Å². The van der Waals surface area contributed by atoms with Crippen LogP contribution < -0.4 is 0 Å². The van der Waals surface area contributed by atoms with Gasteiger partial charge < -0.3 is 4.90 Å². The molecule has 0 radical (unpaired) electrons. The Bertz CT molecular complexity index is 496. The molecule has 0 saturated carbocycles. The molecule has 0 unspecified atom stereocenters. The first kappa shape index (κ1) is 15.2. The smallest absolute Gasteiger partial charge is 0.164 e. The Morgan fingerprint density at radius 3 is 2.80 bits per heavy atom. The third-order valence-electron chi connectivity index (χ3n) is 4.13. The molecule has 1 heterocycles. The second-order valence-corrected chi connectivity index (χ2v) is 6.68. The first-order valence-corrected chi connectivity index (χ1v) is 7.39. The lowest BCUT2D eigenvalue weighted by atomic mass is 9.84. The van der Waals surface area contributed by atoms with E-state index in [0.29, 0.717) is 23.0 Å². The summed E-state index contributed by atoms with van der Waals surface area (Å²) in [5.74, 6) is -0.262. The summed E-state index contributed by atoms with van der Waals surface area (Å²) in [6.45, 7) is 9.14. The summed E-state index contributed by atoms with van der Waals surface area (Å²) in [6, 6.07) is 4.76. The molecule has 1 fully saturated rings. The molecule has 0 spiro atoms. The maximum Gasteiger partial charge on any atom is 0.164 e. The van der Waals surface area contributed by atoms with E-state index in [0.717, 1.165) is 19.6 Å². The third kappa shape index (κ3) is 3.89. The molecule has 2 nitrogen and oxygen atoms in total. The van der Waals surface area contributed by atoms with Gasteiger partial charge in [-0.25, -0.2) is 4.39 Å². The molecule has 0 bridgehead atoms. The average molecular weight is 277 g/mol. The zero-order chi connectivity index (χ0) is 14.8. The average Bonchev–Trinajstić information content (AvgIpc) is 2.38. The van der Waals surface area contributed by atoms with Crippen LogP contribution in [0, 0.1) is 18.2 Å². The molecule has 3 heteroatoms. The Kier molecular flexibility index (Phi) is 4.59. The molecule has 0 amide bonds. The van der Waals surface area contributed by atoms with E-state index in [9.17, 15) is 9.18 Å². The van der Waals surface area contributed by atoms with Gasteiger partial charge in [-0.05, 0) is 43.4 Å². The topological polar surface area (TPSA) is 20.3 Å². The number of halogens is 1. The van der Waals surface area contributed by atoms with Crippen LogP contribution in [0.5, 0.6) is 0 Å². The number of piperidine rings is 1. The van der Waals surface area contributed by atoms with E-state index in [1.165, 1.54) is 18.9 Å². The summed E-state index contributed by atoms with van der Waals surface area (Å²) in [5.41, 5.74) is 1.42. The van der Waals surface area contributed by atoms with Gasteiger partial charge in [-0.15, -0.1) is 0 Å². The van der Waals surface area contributed by atoms with Gasteiger partial charge in [0, 0.05) is 25.1 Å². The molecular formula is C17H24FNO. The Morgan fingerprint density at radius 2 is 2.15 bits per heavy atom. The predicted molar refractivity (Wildman–Crippen MR) is 79.5 cm³/mol. The van der Waals surface area contributed by atoms with E-state index in [4.69, 9.17) is 0 Å². The fourth-order valence-corrected chi connectivity index (χ4v) is 2.91. The molecule has 0 atom stereocenters. The number of hydrogen-bond acceptors (Lipinski definition) is 2. The highest BCUT2D eigenvalue weighted by Gasteiger charge is 2.26. The SMILES string of the molecule is Cc1ccc(C(=O)CCN2CCCC(C)(C)C2)cc1F. The second-order valence-electron chi connectivity index (χ2n) is 6.68. The highest BCUT2D eigenvalue weighted by Crippen LogP contribution is 2.28. The minimum absolute atomic E-state index is 0.0345. The fourth-order valence-electron chi connectivity index (χ4n) is 2.91. The second kappa shape index (κ2) is 6.04. The molecule has 2 rings (SSSR count). The summed E-state index contributed by atoms with van der Waals surface area (Å²) >= 11 is 0. The Balaban J connectivity index is 1.90. The van der Waals surface area contributed by atoms with Gasteiger partial charge in [-0.1, -0.05) is 26.0 Å². The van der Waals surface area contributed by atoms with Crippen molar-refractivity contribution in [1.29, 1.82) is 0 Å². The molecule has 0 aliphatic carbocycles. The van der Waals surface area contributed by atoms with Crippen LogP contribution in [-0.2, 0) is 0 Å². The van der Waals surface area contributed by atoms with Crippen molar-refractivity contribution in [3.8, 4) is 0 Å². The van der Waals surface area contributed by atoms with Crippen LogP contribution >= 0.6 is 0 Å². The number of likely N-dealkylation sites (tertiary alicyclic amines) is 1. The molecule has 1 aromatic rings. The lowest BCUT2D eigenvalue weighted by Crippen LogP contribution is -2.40. The standard InChI is InChI=1S/C17H24FNO/c1-13-5-6-14(11-15(13)18)16(20)7-10-19-9-4-8-17(2,3)12-19/h5-6,11H,4,7-10,12H2,1-3H3. The van der Waals surface area contributed by atoms with Crippen molar-refractivity contribution in [1.82, 2.24) is 4.90 Å². The van der Waals surface area contributed by atoms with Crippen molar-refractivity contribution >= 4 is 5.78 Å². The zero-order valence-corrected chi connectivity index (χ0v) is 12.7. The van der Waals surface area contributed by atoms with Crippen LogP contribution in [-0.4, -0.2) is 30.3 Å². The maximum atomic E-state index is 13.5. The van der Waals surface area contributed by atoms with Gasteiger partial charge in [0.15, 0.2) is 5.78 Å². The normalized spacial score (nSPS) is 19.0. The number of carbonyl (C=O) groups is 1. The van der Waals surface area contributed by atoms with Crippen LogP contribution in [0.3, 0.4) is 0 Å². The van der Waals surface area contributed by atoms with Crippen molar-refractivity contribution in [2.24, 2.45) is 5.41 Å². The number of benzene rings is 1. The van der Waals surface area contributed by atoms with Gasteiger partial charge in [-0.2, -0.15) is 0 Å². The van der Waals surface area contributed by atoms with Crippen molar-refractivity contribution < 1.29 is 9.18 Å². The number of nitrogens with zero attached hydrogens (tertiary/aromatic N) is 1. The Hall–Kier alpha value is -1.22. The number of aryl methyl sites for hydroxylation is 1. The van der Waals surface area contributed by atoms with E-state index in [-0.39, 0.29) is 11.6 Å². The van der Waals surface area contributed by atoms with Crippen molar-refractivity contribution in [2.45, 2.75) is 40.0 Å². The van der Waals surface area contributed by atoms with Gasteiger partial charge in [0.05, 0.1) is 0 Å². The lowest BCUT2D eigenvalue weighted by molar-refractivity contribution is 0.0895. The van der Waals surface area contributed by atoms with Crippen LogP contribution in [0.15, 0.2) is 18.2 Å². The van der Waals surface area contributed by atoms with Gasteiger partial charge >= 0.3 is 0 Å². The van der Waals surface area contributed by atoms with E-state index in [2.05, 4.69) is 18.7 Å². The minimum atomic E-state index is -0.296. The molecule has 110 valence electrons. The largest absolute Gasteiger partial charge is 0.302 e. The lowest BCUT2D eigenvalue weighted by Gasteiger charge is -2.37. The Labute approximate surface area is 121 Å². The van der Waals surface area contributed by atoms with E-state index >= 15 is 0 Å². The molecule has 1 saturated heterocycles. The van der Waals surface area contributed by atoms with Crippen LogP contribution in [0.2, 0.25) is 0 Å². The van der Waals surface area contributed by atoms with Crippen molar-refractivity contribution in [3.63, 3.8) is 0 Å². The number of carbonyl (C=O) groups excluding carboxylic acids is 1. The summed E-state index contributed by atoms with van der Waals surface area (Å²) in [7, 11) is 0. The van der Waals surface area contributed by atoms with Gasteiger partial charge in [-0.3, -0.25) is 4.79 Å². The monoisotopic (exact) mass is 277 g/mol. The molecule has 20 heavy (non-hydrogen) atoms. The molecule has 1 aliphatic heterocycles. The first-order valence-electron chi connectivity index (χ1n) is 7.39. The molecular weight excluding hydrogens is 253 g/mol. The molecule has 1 aliphatic rings. The number of Topliss-reactive ketones (excluding diaryl/α,β-unsaturated/α-hetero) is 1. The molecule has 0 N–H and O–H groups in total. The molecule has 1 aromatic carbocycles. The maximum absolute atomic E-state index is 13.5. The summed E-state index contributed by atoms with van der Waals surface area (Å²) < 4.78 is 13.5. The first-order chi connectivity index (χ1) is 9.37. The predicted octanol–water partition coefficient (Wildman–Crippen LogP) is 3.83. The number of hydrogen-bond donors (Lipinski definition) is 0. The quantitative estimate of drug-likeness (QED) is 0.780. The van der Waals surface area contributed by atoms with Crippen LogP contribution in [0.25, 0.3) is 0 Å². The molecule has 0 aromatic heterocycles. The fraction of sp³-hybridized carbons (Fsp3) is 0.588. The summed E-state index contributed by atoms with van der Waals surface area (Å²) in [5, 5.41) is 0. The van der Waals surface area contributed by atoms with Crippen molar-refractivity contribution in [3.05, 3.63) is 35.1 Å². The van der Waals surface area contributed by atoms with Crippen molar-refractivity contribution in [2.75, 3.05) is 19.6 Å².